The maximum atomic E-state index is 12.2. The monoisotopic (exact) mass is 379 g/mol. The molecule has 2 rings (SSSR count). The zero-order valence-corrected chi connectivity index (χ0v) is 15.6. The highest BCUT2D eigenvalue weighted by Gasteiger charge is 2.22. The minimum Gasteiger partial charge on any atom is -0.324 e. The number of benzene rings is 1. The Labute approximate surface area is 154 Å². The summed E-state index contributed by atoms with van der Waals surface area (Å²) in [6.45, 7) is 6.02. The van der Waals surface area contributed by atoms with Gasteiger partial charge < -0.3 is 10.6 Å². The highest BCUT2D eigenvalue weighted by Crippen LogP contribution is 2.29. The van der Waals surface area contributed by atoms with Crippen molar-refractivity contribution in [2.75, 3.05) is 31.5 Å². The van der Waals surface area contributed by atoms with Crippen molar-refractivity contribution >= 4 is 47.2 Å². The van der Waals surface area contributed by atoms with Gasteiger partial charge in [-0.3, -0.25) is 9.69 Å². The number of nitrogens with zero attached hydrogens (tertiary/aromatic N) is 1. The van der Waals surface area contributed by atoms with E-state index in [0.717, 1.165) is 39.0 Å². The Kier molecular flexibility index (Phi) is 9.25. The molecular formula is C16H24Cl3N3O. The number of halogens is 3. The first-order valence-corrected chi connectivity index (χ1v) is 8.56. The van der Waals surface area contributed by atoms with Crippen molar-refractivity contribution in [3.05, 3.63) is 28.2 Å². The number of hydrogen-bond acceptors (Lipinski definition) is 3. The zero-order valence-electron chi connectivity index (χ0n) is 13.3. The second kappa shape index (κ2) is 10.4. The third-order valence-corrected chi connectivity index (χ3v) is 4.54. The number of anilines is 1. The molecule has 1 fully saturated rings. The molecule has 23 heavy (non-hydrogen) atoms. The fraction of sp³-hybridized carbons (Fsp3) is 0.562. The summed E-state index contributed by atoms with van der Waals surface area (Å²) in [5.41, 5.74) is 0.500. The quantitative estimate of drug-likeness (QED) is 0.756. The summed E-state index contributed by atoms with van der Waals surface area (Å²) in [7, 11) is 0. The van der Waals surface area contributed by atoms with Crippen molar-refractivity contribution in [2.45, 2.75) is 32.2 Å². The van der Waals surface area contributed by atoms with Gasteiger partial charge in [0.15, 0.2) is 0 Å². The van der Waals surface area contributed by atoms with Crippen molar-refractivity contribution in [3.63, 3.8) is 0 Å². The molecule has 1 saturated heterocycles. The summed E-state index contributed by atoms with van der Waals surface area (Å²) in [6, 6.07) is 5.74. The third kappa shape index (κ3) is 6.12. The van der Waals surface area contributed by atoms with Crippen molar-refractivity contribution in [1.82, 2.24) is 10.2 Å². The first kappa shape index (κ1) is 20.5. The molecule has 1 aliphatic heterocycles. The van der Waals surface area contributed by atoms with Crippen LogP contribution in [0.2, 0.25) is 10.0 Å². The fourth-order valence-corrected chi connectivity index (χ4v) is 3.27. The lowest BCUT2D eigenvalue weighted by Crippen LogP contribution is -2.39. The average Bonchev–Trinajstić information content (AvgIpc) is 3.01. The molecule has 1 unspecified atom stereocenters. The van der Waals surface area contributed by atoms with E-state index < -0.39 is 0 Å². The summed E-state index contributed by atoms with van der Waals surface area (Å²) in [4.78, 5) is 14.6. The van der Waals surface area contributed by atoms with E-state index in [9.17, 15) is 4.79 Å². The summed E-state index contributed by atoms with van der Waals surface area (Å²) in [6.07, 6.45) is 2.68. The average molecular weight is 381 g/mol. The van der Waals surface area contributed by atoms with Crippen LogP contribution in [-0.4, -0.2) is 43.0 Å². The predicted molar refractivity (Wildman–Crippen MR) is 100 cm³/mol. The van der Waals surface area contributed by atoms with Crippen LogP contribution in [0.3, 0.4) is 0 Å². The van der Waals surface area contributed by atoms with Crippen LogP contribution < -0.4 is 10.6 Å². The minimum absolute atomic E-state index is 0. The molecule has 2 N–H and O–H groups in total. The topological polar surface area (TPSA) is 44.4 Å². The van der Waals surface area contributed by atoms with Crippen LogP contribution in [0.5, 0.6) is 0 Å². The van der Waals surface area contributed by atoms with Crippen molar-refractivity contribution in [2.24, 2.45) is 0 Å². The number of nitrogens with one attached hydrogen (secondary N) is 2. The third-order valence-electron chi connectivity index (χ3n) is 3.91. The van der Waals surface area contributed by atoms with Gasteiger partial charge in [0.25, 0.3) is 0 Å². The lowest BCUT2D eigenvalue weighted by Gasteiger charge is -2.27. The van der Waals surface area contributed by atoms with Crippen LogP contribution in [0, 0.1) is 0 Å². The lowest BCUT2D eigenvalue weighted by atomic mass is 10.2. The van der Waals surface area contributed by atoms with Crippen LogP contribution >= 0.6 is 35.6 Å². The first-order valence-electron chi connectivity index (χ1n) is 7.80. The second-order valence-corrected chi connectivity index (χ2v) is 6.39. The molecule has 7 heteroatoms. The van der Waals surface area contributed by atoms with E-state index in [4.69, 9.17) is 23.2 Å². The molecule has 1 heterocycles. The largest absolute Gasteiger partial charge is 0.324 e. The van der Waals surface area contributed by atoms with Gasteiger partial charge in [0, 0.05) is 25.6 Å². The summed E-state index contributed by atoms with van der Waals surface area (Å²) in [5.74, 6) is -0.0536. The van der Waals surface area contributed by atoms with Gasteiger partial charge >= 0.3 is 0 Å². The Bertz CT molecular complexity index is 487. The Balaban J connectivity index is 0.00000264. The van der Waals surface area contributed by atoms with Crippen molar-refractivity contribution < 1.29 is 4.79 Å². The van der Waals surface area contributed by atoms with E-state index in [-0.39, 0.29) is 18.3 Å². The van der Waals surface area contributed by atoms with Gasteiger partial charge in [0.2, 0.25) is 5.91 Å². The second-order valence-electron chi connectivity index (χ2n) is 5.58. The highest BCUT2D eigenvalue weighted by atomic mass is 35.5. The lowest BCUT2D eigenvalue weighted by molar-refractivity contribution is -0.116. The Morgan fingerprint density at radius 2 is 2.04 bits per heavy atom. The van der Waals surface area contributed by atoms with Crippen LogP contribution in [0.4, 0.5) is 5.69 Å². The predicted octanol–water partition coefficient (Wildman–Crippen LogP) is 3.82. The van der Waals surface area contributed by atoms with Gasteiger partial charge in [0.05, 0.1) is 15.7 Å². The zero-order chi connectivity index (χ0) is 15.9. The fourth-order valence-electron chi connectivity index (χ4n) is 2.78. The minimum atomic E-state index is -0.0536. The smallest absolute Gasteiger partial charge is 0.225 e. The van der Waals surface area contributed by atoms with Gasteiger partial charge in [-0.25, -0.2) is 0 Å². The maximum absolute atomic E-state index is 12.2. The highest BCUT2D eigenvalue weighted by molar-refractivity contribution is 6.39. The Morgan fingerprint density at radius 3 is 2.61 bits per heavy atom. The molecule has 0 radical (unpaired) electrons. The van der Waals surface area contributed by atoms with Crippen molar-refractivity contribution in [3.8, 4) is 0 Å². The van der Waals surface area contributed by atoms with E-state index in [1.54, 1.807) is 18.2 Å². The molecule has 0 bridgehead atoms. The number of para-hydroxylation sites is 1. The molecule has 1 aromatic rings. The van der Waals surface area contributed by atoms with Crippen molar-refractivity contribution in [1.29, 1.82) is 0 Å². The van der Waals surface area contributed by atoms with Gasteiger partial charge in [-0.15, -0.1) is 12.4 Å². The maximum Gasteiger partial charge on any atom is 0.225 e. The molecular weight excluding hydrogens is 357 g/mol. The molecule has 1 aromatic carbocycles. The normalized spacial score (nSPS) is 17.1. The number of rotatable bonds is 7. The van der Waals surface area contributed by atoms with Crippen LogP contribution in [-0.2, 0) is 4.79 Å². The van der Waals surface area contributed by atoms with E-state index in [2.05, 4.69) is 22.5 Å². The van der Waals surface area contributed by atoms with Crippen LogP contribution in [0.25, 0.3) is 0 Å². The van der Waals surface area contributed by atoms with Gasteiger partial charge in [-0.05, 0) is 38.1 Å². The standard InChI is InChI=1S/C16H23Cl2N3O.ClH/c1-2-9-21(12-6-8-19-11-12)10-7-15(22)20-16-13(17)4-3-5-14(16)18;/h3-5,12,19H,2,6-11H2,1H3,(H,20,22);1H. The van der Waals surface area contributed by atoms with E-state index >= 15 is 0 Å². The molecule has 130 valence electrons. The number of hydrogen-bond donors (Lipinski definition) is 2. The molecule has 1 atom stereocenters. The van der Waals surface area contributed by atoms with Gasteiger partial charge in [0.1, 0.15) is 0 Å². The Hall–Kier alpha value is -0.520. The number of carbonyl (C=O) groups is 1. The SMILES string of the molecule is CCCN(CCC(=O)Nc1c(Cl)cccc1Cl)C1CCNC1.Cl. The molecule has 1 aliphatic rings. The summed E-state index contributed by atoms with van der Waals surface area (Å²) in [5, 5.41) is 7.13. The van der Waals surface area contributed by atoms with E-state index in [1.165, 1.54) is 0 Å². The summed E-state index contributed by atoms with van der Waals surface area (Å²) >= 11 is 12.1. The molecule has 0 aromatic heterocycles. The van der Waals surface area contributed by atoms with Gasteiger partial charge in [-0.1, -0.05) is 36.2 Å². The number of carbonyl (C=O) groups excluding carboxylic acids is 1. The molecule has 4 nitrogen and oxygen atoms in total. The molecule has 0 spiro atoms. The van der Waals surface area contributed by atoms with Crippen LogP contribution in [0.1, 0.15) is 26.2 Å². The summed E-state index contributed by atoms with van der Waals surface area (Å²) < 4.78 is 0. The van der Waals surface area contributed by atoms with Gasteiger partial charge in [-0.2, -0.15) is 0 Å². The van der Waals surface area contributed by atoms with E-state index in [1.807, 2.05) is 0 Å². The first-order chi connectivity index (χ1) is 10.6. The molecule has 0 aliphatic carbocycles. The molecule has 1 amide bonds. The Morgan fingerprint density at radius 1 is 1.35 bits per heavy atom. The van der Waals surface area contributed by atoms with E-state index in [0.29, 0.717) is 28.2 Å². The molecule has 0 saturated carbocycles. The number of amides is 1. The van der Waals surface area contributed by atoms with Crippen LogP contribution in [0.15, 0.2) is 18.2 Å².